The number of aromatic nitrogens is 2. The van der Waals surface area contributed by atoms with Crippen LogP contribution in [0.25, 0.3) is 0 Å². The molecule has 0 N–H and O–H groups in total. The third kappa shape index (κ3) is 2.84. The van der Waals surface area contributed by atoms with Gasteiger partial charge in [0.15, 0.2) is 0 Å². The highest BCUT2D eigenvalue weighted by Crippen LogP contribution is 2.24. The summed E-state index contributed by atoms with van der Waals surface area (Å²) < 4.78 is 5.45. The summed E-state index contributed by atoms with van der Waals surface area (Å²) in [4.78, 5) is 10.5. The number of rotatable bonds is 5. The smallest absolute Gasteiger partial charge is 0.221 e. The summed E-state index contributed by atoms with van der Waals surface area (Å²) >= 11 is 3.47. The van der Waals surface area contributed by atoms with E-state index in [-0.39, 0.29) is 0 Å². The molecule has 0 saturated carbocycles. The van der Waals surface area contributed by atoms with Crippen molar-refractivity contribution < 1.29 is 4.74 Å². The molecule has 16 heavy (non-hydrogen) atoms. The van der Waals surface area contributed by atoms with Gasteiger partial charge in [-0.15, -0.1) is 0 Å². The Bertz CT molecular complexity index is 346. The fourth-order valence-electron chi connectivity index (χ4n) is 1.38. The highest BCUT2D eigenvalue weighted by Gasteiger charge is 2.15. The molecule has 0 radical (unpaired) electrons. The first-order valence-corrected chi connectivity index (χ1v) is 6.47. The van der Waals surface area contributed by atoms with Crippen molar-refractivity contribution in [2.75, 3.05) is 23.9 Å². The average molecular weight is 288 g/mol. The molecule has 0 saturated heterocycles. The van der Waals surface area contributed by atoms with Crippen molar-refractivity contribution in [3.05, 3.63) is 11.9 Å². The van der Waals surface area contributed by atoms with Crippen LogP contribution >= 0.6 is 15.9 Å². The van der Waals surface area contributed by atoms with Crippen LogP contribution in [0, 0.1) is 6.92 Å². The van der Waals surface area contributed by atoms with E-state index in [1.807, 2.05) is 20.9 Å². The number of alkyl halides is 1. The Morgan fingerprint density at radius 3 is 2.75 bits per heavy atom. The largest absolute Gasteiger partial charge is 0.478 e. The van der Waals surface area contributed by atoms with Crippen molar-refractivity contribution >= 4 is 21.7 Å². The Labute approximate surface area is 105 Å². The van der Waals surface area contributed by atoms with Crippen LogP contribution in [0.15, 0.2) is 6.33 Å². The van der Waals surface area contributed by atoms with Crippen LogP contribution in [0.1, 0.15) is 19.4 Å². The molecule has 0 aliphatic rings. The van der Waals surface area contributed by atoms with Gasteiger partial charge in [-0.1, -0.05) is 15.9 Å². The third-order valence-corrected chi connectivity index (χ3v) is 3.45. The summed E-state index contributed by atoms with van der Waals surface area (Å²) in [5.74, 6) is 1.59. The molecule has 5 heteroatoms. The van der Waals surface area contributed by atoms with Crippen molar-refractivity contribution in [3.8, 4) is 5.88 Å². The van der Waals surface area contributed by atoms with Gasteiger partial charge in [-0.2, -0.15) is 0 Å². The Morgan fingerprint density at radius 2 is 2.19 bits per heavy atom. The van der Waals surface area contributed by atoms with Crippen molar-refractivity contribution in [1.29, 1.82) is 0 Å². The van der Waals surface area contributed by atoms with E-state index < -0.39 is 0 Å². The van der Waals surface area contributed by atoms with Crippen molar-refractivity contribution in [2.45, 2.75) is 26.8 Å². The molecule has 4 nitrogen and oxygen atoms in total. The zero-order valence-electron chi connectivity index (χ0n) is 10.2. The summed E-state index contributed by atoms with van der Waals surface area (Å²) in [6.45, 7) is 6.69. The summed E-state index contributed by atoms with van der Waals surface area (Å²) in [7, 11) is 2.02. The molecular weight excluding hydrogens is 270 g/mol. The molecule has 0 amide bonds. The highest BCUT2D eigenvalue weighted by molar-refractivity contribution is 9.09. The van der Waals surface area contributed by atoms with Crippen molar-refractivity contribution in [2.24, 2.45) is 0 Å². The third-order valence-electron chi connectivity index (χ3n) is 2.51. The van der Waals surface area contributed by atoms with Gasteiger partial charge in [0.25, 0.3) is 0 Å². The molecule has 1 aromatic rings. The van der Waals surface area contributed by atoms with Gasteiger partial charge in [-0.25, -0.2) is 9.97 Å². The molecule has 1 unspecified atom stereocenters. The zero-order chi connectivity index (χ0) is 12.1. The molecule has 0 aliphatic carbocycles. The lowest BCUT2D eigenvalue weighted by atomic mass is 10.2. The maximum absolute atomic E-state index is 5.45. The Balaban J connectivity index is 3.00. The van der Waals surface area contributed by atoms with Crippen LogP contribution in [-0.4, -0.2) is 35.0 Å². The second-order valence-corrected chi connectivity index (χ2v) is 4.32. The fraction of sp³-hybridized carbons (Fsp3) is 0.636. The molecule has 0 aromatic carbocycles. The molecule has 90 valence electrons. The first kappa shape index (κ1) is 13.2. The summed E-state index contributed by atoms with van der Waals surface area (Å²) in [5.41, 5.74) is 0.986. The van der Waals surface area contributed by atoms with Gasteiger partial charge >= 0.3 is 0 Å². The molecule has 1 atom stereocenters. The Kier molecular flexibility index (Phi) is 4.99. The average Bonchev–Trinajstić information content (AvgIpc) is 2.30. The van der Waals surface area contributed by atoms with E-state index in [4.69, 9.17) is 4.74 Å². The minimum atomic E-state index is 0.378. The fourth-order valence-corrected chi connectivity index (χ4v) is 1.81. The van der Waals surface area contributed by atoms with Gasteiger partial charge in [0, 0.05) is 18.4 Å². The number of halogens is 1. The Morgan fingerprint density at radius 1 is 1.50 bits per heavy atom. The highest BCUT2D eigenvalue weighted by atomic mass is 79.9. The van der Waals surface area contributed by atoms with Crippen LogP contribution < -0.4 is 9.64 Å². The van der Waals surface area contributed by atoms with Gasteiger partial charge in [-0.3, -0.25) is 0 Å². The molecule has 0 bridgehead atoms. The first-order chi connectivity index (χ1) is 7.61. The number of hydrogen-bond donors (Lipinski definition) is 0. The van der Waals surface area contributed by atoms with Crippen LogP contribution in [0.3, 0.4) is 0 Å². The molecule has 0 fully saturated rings. The summed E-state index contributed by atoms with van der Waals surface area (Å²) in [6.07, 6.45) is 1.55. The van der Waals surface area contributed by atoms with E-state index in [2.05, 4.69) is 37.7 Å². The zero-order valence-corrected chi connectivity index (χ0v) is 11.8. The molecule has 0 aliphatic heterocycles. The standard InChI is InChI=1S/C11H18BrN3O/c1-5-16-11-9(3)10(13-7-14-11)15(4)8(2)6-12/h7-8H,5-6H2,1-4H3. The second-order valence-electron chi connectivity index (χ2n) is 3.67. The Hall–Kier alpha value is -0.840. The lowest BCUT2D eigenvalue weighted by Gasteiger charge is -2.26. The quantitative estimate of drug-likeness (QED) is 0.780. The van der Waals surface area contributed by atoms with Gasteiger partial charge in [0.2, 0.25) is 5.88 Å². The monoisotopic (exact) mass is 287 g/mol. The number of anilines is 1. The summed E-state index contributed by atoms with van der Waals surface area (Å²) in [6, 6.07) is 0.378. The lowest BCUT2D eigenvalue weighted by Crippen LogP contribution is -2.31. The van der Waals surface area contributed by atoms with Gasteiger partial charge in [0.1, 0.15) is 12.1 Å². The van der Waals surface area contributed by atoms with Crippen molar-refractivity contribution in [1.82, 2.24) is 9.97 Å². The molecule has 1 aromatic heterocycles. The summed E-state index contributed by atoms with van der Waals surface area (Å²) in [5, 5.41) is 0.900. The second kappa shape index (κ2) is 6.03. The first-order valence-electron chi connectivity index (χ1n) is 5.35. The topological polar surface area (TPSA) is 38.3 Å². The van der Waals surface area contributed by atoms with Gasteiger partial charge in [0.05, 0.1) is 12.2 Å². The molecule has 1 rings (SSSR count). The number of nitrogens with zero attached hydrogens (tertiary/aromatic N) is 3. The van der Waals surface area contributed by atoms with E-state index >= 15 is 0 Å². The number of hydrogen-bond acceptors (Lipinski definition) is 4. The van der Waals surface area contributed by atoms with Crippen LogP contribution in [0.4, 0.5) is 5.82 Å². The van der Waals surface area contributed by atoms with Crippen LogP contribution in [0.5, 0.6) is 5.88 Å². The predicted octanol–water partition coefficient (Wildman–Crippen LogP) is 2.40. The minimum Gasteiger partial charge on any atom is -0.478 e. The molecule has 0 spiro atoms. The maximum atomic E-state index is 5.45. The number of ether oxygens (including phenoxy) is 1. The van der Waals surface area contributed by atoms with Crippen LogP contribution in [0.2, 0.25) is 0 Å². The minimum absolute atomic E-state index is 0.378. The van der Waals surface area contributed by atoms with E-state index in [1.54, 1.807) is 6.33 Å². The lowest BCUT2D eigenvalue weighted by molar-refractivity contribution is 0.323. The van der Waals surface area contributed by atoms with E-state index in [9.17, 15) is 0 Å². The van der Waals surface area contributed by atoms with E-state index in [1.165, 1.54) is 0 Å². The maximum Gasteiger partial charge on any atom is 0.221 e. The van der Waals surface area contributed by atoms with Gasteiger partial charge < -0.3 is 9.64 Å². The SMILES string of the molecule is CCOc1ncnc(N(C)C(C)CBr)c1C. The van der Waals surface area contributed by atoms with Crippen LogP contribution in [-0.2, 0) is 0 Å². The predicted molar refractivity (Wildman–Crippen MR) is 69.6 cm³/mol. The molecule has 1 heterocycles. The van der Waals surface area contributed by atoms with E-state index in [0.29, 0.717) is 18.5 Å². The normalized spacial score (nSPS) is 12.3. The van der Waals surface area contributed by atoms with Gasteiger partial charge in [-0.05, 0) is 20.8 Å². The molecular formula is C11H18BrN3O. The van der Waals surface area contributed by atoms with Crippen molar-refractivity contribution in [3.63, 3.8) is 0 Å². The van der Waals surface area contributed by atoms with E-state index in [0.717, 1.165) is 16.7 Å².